The Labute approximate surface area is 161 Å². The number of hydrogen-bond acceptors (Lipinski definition) is 6. The third-order valence-corrected chi connectivity index (χ3v) is 6.77. The Morgan fingerprint density at radius 1 is 1.41 bits per heavy atom. The number of carbonyl (C=O) groups excluding carboxylic acids is 1. The summed E-state index contributed by atoms with van der Waals surface area (Å²) in [6, 6.07) is 4.54. The van der Waals surface area contributed by atoms with Gasteiger partial charge in [0.25, 0.3) is 0 Å². The van der Waals surface area contributed by atoms with Crippen molar-refractivity contribution in [2.45, 2.75) is 30.8 Å². The van der Waals surface area contributed by atoms with E-state index in [0.29, 0.717) is 11.7 Å². The fraction of sp³-hybridized carbons (Fsp3) is 0.412. The van der Waals surface area contributed by atoms with Gasteiger partial charge in [0.15, 0.2) is 5.13 Å². The zero-order chi connectivity index (χ0) is 19.4. The highest BCUT2D eigenvalue weighted by Gasteiger charge is 2.31. The molecule has 1 atom stereocenters. The van der Waals surface area contributed by atoms with Gasteiger partial charge in [0.1, 0.15) is 5.82 Å². The van der Waals surface area contributed by atoms with Crippen LogP contribution in [0.25, 0.3) is 0 Å². The van der Waals surface area contributed by atoms with E-state index < -0.39 is 21.7 Å². The molecule has 1 aromatic carbocycles. The van der Waals surface area contributed by atoms with E-state index in [-0.39, 0.29) is 24.1 Å². The summed E-state index contributed by atoms with van der Waals surface area (Å²) < 4.78 is 45.7. The number of ether oxygens (including phenoxy) is 1. The largest absolute Gasteiger partial charge is 0.377 e. The Balaban J connectivity index is 1.79. The fourth-order valence-electron chi connectivity index (χ4n) is 2.75. The number of halogens is 1. The Hall–Kier alpha value is -1.88. The minimum Gasteiger partial charge on any atom is -0.377 e. The molecule has 0 radical (unpaired) electrons. The molecule has 1 aliphatic heterocycles. The second-order valence-corrected chi connectivity index (χ2v) is 9.02. The minimum atomic E-state index is -3.98. The van der Waals surface area contributed by atoms with Crippen LogP contribution in [0.3, 0.4) is 0 Å². The number of aromatic nitrogens is 1. The van der Waals surface area contributed by atoms with Gasteiger partial charge in [0, 0.05) is 18.5 Å². The molecule has 0 saturated carbocycles. The molecule has 1 aromatic heterocycles. The number of amides is 1. The molecule has 1 N–H and O–H groups in total. The van der Waals surface area contributed by atoms with Crippen molar-refractivity contribution >= 4 is 32.4 Å². The van der Waals surface area contributed by atoms with Crippen molar-refractivity contribution in [1.29, 1.82) is 0 Å². The SMILES string of the molecule is Cc1csc(NC(=O)CN(CC2CCCO2)S(=O)(=O)c2ccc(F)cc2)n1. The summed E-state index contributed by atoms with van der Waals surface area (Å²) in [5.74, 6) is -1.02. The summed E-state index contributed by atoms with van der Waals surface area (Å²) in [6.45, 7) is 2.05. The highest BCUT2D eigenvalue weighted by Crippen LogP contribution is 2.21. The zero-order valence-corrected chi connectivity index (χ0v) is 16.4. The number of sulfonamides is 1. The van der Waals surface area contributed by atoms with Crippen molar-refractivity contribution in [1.82, 2.24) is 9.29 Å². The Morgan fingerprint density at radius 3 is 2.74 bits per heavy atom. The van der Waals surface area contributed by atoms with E-state index in [4.69, 9.17) is 4.74 Å². The second-order valence-electron chi connectivity index (χ2n) is 6.23. The molecular formula is C17H20FN3O4S2. The van der Waals surface area contributed by atoms with Gasteiger partial charge < -0.3 is 10.1 Å². The topological polar surface area (TPSA) is 88.6 Å². The van der Waals surface area contributed by atoms with E-state index in [1.165, 1.54) is 23.5 Å². The van der Waals surface area contributed by atoms with Crippen molar-refractivity contribution in [2.24, 2.45) is 0 Å². The molecule has 1 fully saturated rings. The molecule has 0 spiro atoms. The lowest BCUT2D eigenvalue weighted by Crippen LogP contribution is -2.42. The lowest BCUT2D eigenvalue weighted by Gasteiger charge is -2.24. The van der Waals surface area contributed by atoms with Gasteiger partial charge in [0.05, 0.1) is 23.2 Å². The van der Waals surface area contributed by atoms with Gasteiger partial charge in [-0.15, -0.1) is 11.3 Å². The van der Waals surface area contributed by atoms with Crippen LogP contribution in [-0.2, 0) is 19.6 Å². The molecule has 0 aliphatic carbocycles. The maximum absolute atomic E-state index is 13.2. The number of nitrogens with one attached hydrogen (secondary N) is 1. The summed E-state index contributed by atoms with van der Waals surface area (Å²) in [5, 5.41) is 4.81. The van der Waals surface area contributed by atoms with Crippen LogP contribution in [0.4, 0.5) is 9.52 Å². The van der Waals surface area contributed by atoms with Crippen LogP contribution in [0.5, 0.6) is 0 Å². The molecule has 146 valence electrons. The van der Waals surface area contributed by atoms with Crippen LogP contribution in [-0.4, -0.2) is 49.4 Å². The minimum absolute atomic E-state index is 0.0596. The first-order valence-corrected chi connectivity index (χ1v) is 10.8. The third kappa shape index (κ3) is 5.10. The van der Waals surface area contributed by atoms with Gasteiger partial charge in [-0.25, -0.2) is 17.8 Å². The van der Waals surface area contributed by atoms with Gasteiger partial charge in [-0.2, -0.15) is 4.31 Å². The van der Waals surface area contributed by atoms with Crippen molar-refractivity contribution < 1.29 is 22.3 Å². The number of hydrogen-bond donors (Lipinski definition) is 1. The van der Waals surface area contributed by atoms with Crippen LogP contribution in [0.15, 0.2) is 34.5 Å². The first-order valence-electron chi connectivity index (χ1n) is 8.44. The van der Waals surface area contributed by atoms with Gasteiger partial charge in [0.2, 0.25) is 15.9 Å². The van der Waals surface area contributed by atoms with Crippen LogP contribution in [0.2, 0.25) is 0 Å². The molecule has 1 amide bonds. The lowest BCUT2D eigenvalue weighted by molar-refractivity contribution is -0.116. The number of anilines is 1. The molecule has 2 heterocycles. The van der Waals surface area contributed by atoms with Gasteiger partial charge in [-0.1, -0.05) is 0 Å². The summed E-state index contributed by atoms with van der Waals surface area (Å²) in [4.78, 5) is 16.5. The molecule has 1 saturated heterocycles. The average molecular weight is 413 g/mol. The summed E-state index contributed by atoms with van der Waals surface area (Å²) >= 11 is 1.27. The molecule has 3 rings (SSSR count). The maximum atomic E-state index is 13.2. The Kier molecular flexibility index (Phi) is 6.20. The molecule has 0 bridgehead atoms. The van der Waals surface area contributed by atoms with E-state index in [1.807, 2.05) is 0 Å². The molecule has 27 heavy (non-hydrogen) atoms. The number of benzene rings is 1. The number of aryl methyl sites for hydroxylation is 1. The van der Waals surface area contributed by atoms with Crippen LogP contribution >= 0.6 is 11.3 Å². The predicted octanol–water partition coefficient (Wildman–Crippen LogP) is 2.40. The summed E-state index contributed by atoms with van der Waals surface area (Å²) in [7, 11) is -3.98. The quantitative estimate of drug-likeness (QED) is 0.753. The zero-order valence-electron chi connectivity index (χ0n) is 14.7. The van der Waals surface area contributed by atoms with Gasteiger partial charge >= 0.3 is 0 Å². The molecule has 7 nitrogen and oxygen atoms in total. The first-order chi connectivity index (χ1) is 12.8. The standard InChI is InChI=1S/C17H20FN3O4S2/c1-12-11-26-17(19-12)20-16(22)10-21(9-14-3-2-8-25-14)27(23,24)15-6-4-13(18)5-7-15/h4-7,11,14H,2-3,8-10H2,1H3,(H,19,20,22). The van der Waals surface area contributed by atoms with Crippen LogP contribution in [0.1, 0.15) is 18.5 Å². The van der Waals surface area contributed by atoms with Crippen LogP contribution in [0, 0.1) is 12.7 Å². The summed E-state index contributed by atoms with van der Waals surface area (Å²) in [6.07, 6.45) is 1.30. The highest BCUT2D eigenvalue weighted by atomic mass is 32.2. The van der Waals surface area contributed by atoms with Gasteiger partial charge in [-0.05, 0) is 44.0 Å². The summed E-state index contributed by atoms with van der Waals surface area (Å²) in [5.41, 5.74) is 0.769. The van der Waals surface area contributed by atoms with E-state index in [2.05, 4.69) is 10.3 Å². The normalized spacial score (nSPS) is 17.4. The maximum Gasteiger partial charge on any atom is 0.243 e. The van der Waals surface area contributed by atoms with Crippen LogP contribution < -0.4 is 5.32 Å². The first kappa shape index (κ1) is 19.9. The highest BCUT2D eigenvalue weighted by molar-refractivity contribution is 7.89. The number of carbonyl (C=O) groups is 1. The molecule has 1 unspecified atom stereocenters. The monoisotopic (exact) mass is 413 g/mol. The predicted molar refractivity (Wildman–Crippen MR) is 99.6 cm³/mol. The lowest BCUT2D eigenvalue weighted by atomic mass is 10.2. The van der Waals surface area contributed by atoms with E-state index >= 15 is 0 Å². The number of rotatable bonds is 7. The van der Waals surface area contributed by atoms with E-state index in [1.54, 1.807) is 12.3 Å². The van der Waals surface area contributed by atoms with Crippen molar-refractivity contribution in [2.75, 3.05) is 25.0 Å². The van der Waals surface area contributed by atoms with Gasteiger partial charge in [-0.3, -0.25) is 4.79 Å². The average Bonchev–Trinajstić information content (AvgIpc) is 3.26. The molecular weight excluding hydrogens is 393 g/mol. The molecule has 10 heteroatoms. The second kappa shape index (κ2) is 8.42. The number of thiazole rings is 1. The smallest absolute Gasteiger partial charge is 0.243 e. The van der Waals surface area contributed by atoms with E-state index in [9.17, 15) is 17.6 Å². The molecule has 1 aliphatic rings. The fourth-order valence-corrected chi connectivity index (χ4v) is 4.88. The van der Waals surface area contributed by atoms with Crippen molar-refractivity contribution in [3.8, 4) is 0 Å². The van der Waals surface area contributed by atoms with E-state index in [0.717, 1.165) is 35.0 Å². The third-order valence-electron chi connectivity index (χ3n) is 4.07. The number of nitrogens with zero attached hydrogens (tertiary/aromatic N) is 2. The van der Waals surface area contributed by atoms with Crippen molar-refractivity contribution in [3.63, 3.8) is 0 Å². The Bertz CT molecular complexity index is 893. The Morgan fingerprint density at radius 2 is 2.15 bits per heavy atom. The van der Waals surface area contributed by atoms with Crippen molar-refractivity contribution in [3.05, 3.63) is 41.2 Å². The molecule has 2 aromatic rings.